The van der Waals surface area contributed by atoms with E-state index in [4.69, 9.17) is 15.3 Å². The van der Waals surface area contributed by atoms with E-state index in [1.807, 2.05) is 0 Å². The lowest BCUT2D eigenvalue weighted by Gasteiger charge is -2.09. The minimum Gasteiger partial charge on any atom is -0.377 e. The van der Waals surface area contributed by atoms with Crippen molar-refractivity contribution in [3.05, 3.63) is 0 Å². The molecule has 4 heteroatoms. The first kappa shape index (κ1) is 6.95. The molecule has 0 aromatic rings. The summed E-state index contributed by atoms with van der Waals surface area (Å²) < 4.78 is 10.3. The molecule has 1 fully saturated rings. The molecule has 0 atom stereocenters. The second-order valence-electron chi connectivity index (χ2n) is 2.01. The molecule has 0 aliphatic carbocycles. The Morgan fingerprint density at radius 2 is 1.78 bits per heavy atom. The van der Waals surface area contributed by atoms with Crippen LogP contribution in [-0.4, -0.2) is 32.5 Å². The molecule has 9 heavy (non-hydrogen) atoms. The fraction of sp³-hybridized carbons (Fsp3) is 1.00. The predicted molar refractivity (Wildman–Crippen MR) is 32.7 cm³/mol. The maximum Gasteiger partial charge on any atom is 0.0701 e. The van der Waals surface area contributed by atoms with Crippen molar-refractivity contribution in [2.24, 2.45) is 5.84 Å². The van der Waals surface area contributed by atoms with Gasteiger partial charge in [0.05, 0.1) is 32.5 Å². The van der Waals surface area contributed by atoms with Gasteiger partial charge in [0.25, 0.3) is 0 Å². The van der Waals surface area contributed by atoms with Crippen LogP contribution >= 0.6 is 0 Å². The highest BCUT2D eigenvalue weighted by Crippen LogP contribution is 1.92. The molecule has 1 rings (SSSR count). The van der Waals surface area contributed by atoms with Gasteiger partial charge in [0, 0.05) is 0 Å². The molecule has 1 heterocycles. The van der Waals surface area contributed by atoms with Crippen LogP contribution in [0.25, 0.3) is 0 Å². The lowest BCUT2D eigenvalue weighted by Crippen LogP contribution is -2.40. The molecular weight excluding hydrogens is 120 g/mol. The summed E-state index contributed by atoms with van der Waals surface area (Å²) in [5, 5.41) is 0. The number of rotatable bonds is 1. The Labute approximate surface area is 54.3 Å². The predicted octanol–water partition coefficient (Wildman–Crippen LogP) is -1.13. The fourth-order valence-electron chi connectivity index (χ4n) is 0.713. The number of hydrazine groups is 1. The summed E-state index contributed by atoms with van der Waals surface area (Å²) >= 11 is 0. The van der Waals surface area contributed by atoms with Gasteiger partial charge >= 0.3 is 0 Å². The average molecular weight is 132 g/mol. The van der Waals surface area contributed by atoms with E-state index < -0.39 is 0 Å². The van der Waals surface area contributed by atoms with Crippen LogP contribution in [0.15, 0.2) is 0 Å². The zero-order valence-corrected chi connectivity index (χ0v) is 5.30. The first-order valence-electron chi connectivity index (χ1n) is 3.05. The van der Waals surface area contributed by atoms with Crippen molar-refractivity contribution in [1.29, 1.82) is 0 Å². The number of hydrogen-bond donors (Lipinski definition) is 2. The average Bonchev–Trinajstić information content (AvgIpc) is 2.13. The Balaban J connectivity index is 2.18. The largest absolute Gasteiger partial charge is 0.377 e. The van der Waals surface area contributed by atoms with E-state index in [1.54, 1.807) is 0 Å². The Kier molecular flexibility index (Phi) is 2.93. The minimum atomic E-state index is 0.160. The normalized spacial score (nSPS) is 23.7. The smallest absolute Gasteiger partial charge is 0.0701 e. The van der Waals surface area contributed by atoms with Gasteiger partial charge in [0.2, 0.25) is 0 Å². The van der Waals surface area contributed by atoms with Gasteiger partial charge in [0.1, 0.15) is 0 Å². The van der Waals surface area contributed by atoms with Gasteiger partial charge in [-0.15, -0.1) is 0 Å². The Morgan fingerprint density at radius 1 is 1.22 bits per heavy atom. The second-order valence-corrected chi connectivity index (χ2v) is 2.01. The maximum atomic E-state index is 5.16. The van der Waals surface area contributed by atoms with Gasteiger partial charge < -0.3 is 9.47 Å². The van der Waals surface area contributed by atoms with Crippen molar-refractivity contribution in [3.63, 3.8) is 0 Å². The molecule has 1 aliphatic heterocycles. The lowest BCUT2D eigenvalue weighted by atomic mass is 10.4. The van der Waals surface area contributed by atoms with Gasteiger partial charge in [-0.05, 0) is 0 Å². The molecule has 0 amide bonds. The molecule has 0 saturated carbocycles. The van der Waals surface area contributed by atoms with Crippen LogP contribution in [0.5, 0.6) is 0 Å². The van der Waals surface area contributed by atoms with Gasteiger partial charge in [-0.25, -0.2) is 0 Å². The highest BCUT2D eigenvalue weighted by Gasteiger charge is 2.09. The highest BCUT2D eigenvalue weighted by atomic mass is 16.5. The van der Waals surface area contributed by atoms with Crippen molar-refractivity contribution < 1.29 is 9.47 Å². The van der Waals surface area contributed by atoms with E-state index >= 15 is 0 Å². The number of nitrogens with one attached hydrogen (secondary N) is 1. The summed E-state index contributed by atoms with van der Waals surface area (Å²) in [5.41, 5.74) is 2.59. The standard InChI is InChI=1S/C5H12N2O2/c6-7-5-3-8-1-2-9-4-5/h5,7H,1-4,6H2. The minimum absolute atomic E-state index is 0.160. The van der Waals surface area contributed by atoms with Crippen LogP contribution in [0.4, 0.5) is 0 Å². The zero-order valence-electron chi connectivity index (χ0n) is 5.30. The van der Waals surface area contributed by atoms with Crippen LogP contribution in [-0.2, 0) is 9.47 Å². The van der Waals surface area contributed by atoms with E-state index in [0.717, 1.165) is 0 Å². The Bertz CT molecular complexity index is 71.4. The number of ether oxygens (including phenoxy) is 2. The van der Waals surface area contributed by atoms with Gasteiger partial charge in [0.15, 0.2) is 0 Å². The van der Waals surface area contributed by atoms with Crippen molar-refractivity contribution in [2.75, 3.05) is 26.4 Å². The van der Waals surface area contributed by atoms with Crippen molar-refractivity contribution in [1.82, 2.24) is 5.43 Å². The molecular formula is C5H12N2O2. The van der Waals surface area contributed by atoms with Crippen LogP contribution in [0.3, 0.4) is 0 Å². The topological polar surface area (TPSA) is 56.5 Å². The lowest BCUT2D eigenvalue weighted by molar-refractivity contribution is 0.103. The molecule has 4 nitrogen and oxygen atoms in total. The molecule has 0 aromatic carbocycles. The zero-order chi connectivity index (χ0) is 6.53. The van der Waals surface area contributed by atoms with Crippen molar-refractivity contribution >= 4 is 0 Å². The van der Waals surface area contributed by atoms with E-state index in [-0.39, 0.29) is 6.04 Å². The summed E-state index contributed by atoms with van der Waals surface area (Å²) in [6.45, 7) is 2.66. The monoisotopic (exact) mass is 132 g/mol. The van der Waals surface area contributed by atoms with E-state index in [0.29, 0.717) is 26.4 Å². The summed E-state index contributed by atoms with van der Waals surface area (Å²) in [7, 11) is 0. The number of nitrogens with two attached hydrogens (primary N) is 1. The molecule has 54 valence electrons. The molecule has 0 unspecified atom stereocenters. The maximum absolute atomic E-state index is 5.16. The van der Waals surface area contributed by atoms with Gasteiger partial charge in [-0.1, -0.05) is 0 Å². The second kappa shape index (κ2) is 3.79. The van der Waals surface area contributed by atoms with Gasteiger partial charge in [-0.2, -0.15) is 0 Å². The van der Waals surface area contributed by atoms with Crippen LogP contribution < -0.4 is 11.3 Å². The SMILES string of the molecule is NNC1COCCOC1. The first-order chi connectivity index (χ1) is 4.43. The summed E-state index contributed by atoms with van der Waals surface area (Å²) in [6.07, 6.45) is 0. The molecule has 1 aliphatic rings. The molecule has 0 aromatic heterocycles. The first-order valence-corrected chi connectivity index (χ1v) is 3.05. The summed E-state index contributed by atoms with van der Waals surface area (Å²) in [4.78, 5) is 0. The summed E-state index contributed by atoms with van der Waals surface area (Å²) in [6, 6.07) is 0.160. The van der Waals surface area contributed by atoms with Crippen LogP contribution in [0, 0.1) is 0 Å². The molecule has 0 spiro atoms. The van der Waals surface area contributed by atoms with Crippen LogP contribution in [0.1, 0.15) is 0 Å². The summed E-state index contributed by atoms with van der Waals surface area (Å²) in [5.74, 6) is 5.16. The highest BCUT2D eigenvalue weighted by molar-refractivity contribution is 4.62. The fourth-order valence-corrected chi connectivity index (χ4v) is 0.713. The van der Waals surface area contributed by atoms with Crippen molar-refractivity contribution in [3.8, 4) is 0 Å². The molecule has 0 radical (unpaired) electrons. The third-order valence-electron chi connectivity index (χ3n) is 1.25. The van der Waals surface area contributed by atoms with E-state index in [2.05, 4.69) is 5.43 Å². The molecule has 1 saturated heterocycles. The van der Waals surface area contributed by atoms with Crippen molar-refractivity contribution in [2.45, 2.75) is 6.04 Å². The third-order valence-corrected chi connectivity index (χ3v) is 1.25. The Morgan fingerprint density at radius 3 is 2.22 bits per heavy atom. The molecule has 0 bridgehead atoms. The van der Waals surface area contributed by atoms with E-state index in [9.17, 15) is 0 Å². The number of hydrogen-bond acceptors (Lipinski definition) is 4. The van der Waals surface area contributed by atoms with Crippen LogP contribution in [0.2, 0.25) is 0 Å². The van der Waals surface area contributed by atoms with Gasteiger partial charge in [-0.3, -0.25) is 11.3 Å². The molecule has 3 N–H and O–H groups in total. The van der Waals surface area contributed by atoms with E-state index in [1.165, 1.54) is 0 Å². The third kappa shape index (κ3) is 2.28. The quantitative estimate of drug-likeness (QED) is 0.350. The Hall–Kier alpha value is -0.160.